The molecular weight excluding hydrogens is 322 g/mol. The summed E-state index contributed by atoms with van der Waals surface area (Å²) in [4.78, 5) is 16.9. The number of benzene rings is 1. The van der Waals surface area contributed by atoms with Crippen molar-refractivity contribution in [2.75, 3.05) is 12.4 Å². The summed E-state index contributed by atoms with van der Waals surface area (Å²) in [5.41, 5.74) is 2.09. The van der Waals surface area contributed by atoms with Crippen LogP contribution in [0.4, 0.5) is 0 Å². The van der Waals surface area contributed by atoms with Gasteiger partial charge in [-0.25, -0.2) is 4.98 Å². The zero-order valence-electron chi connectivity index (χ0n) is 14.1. The average molecular weight is 347 g/mol. The molecule has 1 aromatic carbocycles. The van der Waals surface area contributed by atoms with E-state index < -0.39 is 0 Å². The smallest absolute Gasteiger partial charge is 0.230 e. The third-order valence-corrected chi connectivity index (χ3v) is 5.71. The minimum absolute atomic E-state index is 0.0714. The van der Waals surface area contributed by atoms with Gasteiger partial charge >= 0.3 is 0 Å². The van der Waals surface area contributed by atoms with Crippen molar-refractivity contribution in [2.45, 2.75) is 50.4 Å². The summed E-state index contributed by atoms with van der Waals surface area (Å²) in [6, 6.07) is 8.32. The molecule has 6 heteroatoms. The summed E-state index contributed by atoms with van der Waals surface area (Å²) in [6.45, 7) is 3.21. The maximum atomic E-state index is 12.2. The van der Waals surface area contributed by atoms with Gasteiger partial charge in [0.1, 0.15) is 0 Å². The van der Waals surface area contributed by atoms with E-state index in [1.165, 1.54) is 11.8 Å². The molecule has 0 saturated heterocycles. The number of aliphatic hydroxyl groups is 1. The minimum Gasteiger partial charge on any atom is -0.396 e. The first-order valence-electron chi connectivity index (χ1n) is 8.69. The Morgan fingerprint density at radius 3 is 2.79 bits per heavy atom. The van der Waals surface area contributed by atoms with Gasteiger partial charge in [-0.3, -0.25) is 4.79 Å². The number of aryl methyl sites for hydroxylation is 1. The van der Waals surface area contributed by atoms with Crippen LogP contribution < -0.4 is 5.32 Å². The lowest BCUT2D eigenvalue weighted by atomic mass is 9.86. The Morgan fingerprint density at radius 2 is 2.08 bits per heavy atom. The van der Waals surface area contributed by atoms with E-state index in [1.807, 2.05) is 18.2 Å². The number of hydrogen-bond acceptors (Lipinski definition) is 4. The van der Waals surface area contributed by atoms with Crippen LogP contribution >= 0.6 is 11.8 Å². The van der Waals surface area contributed by atoms with Gasteiger partial charge < -0.3 is 15.0 Å². The molecule has 0 spiro atoms. The molecule has 1 saturated carbocycles. The maximum Gasteiger partial charge on any atom is 0.230 e. The second-order valence-electron chi connectivity index (χ2n) is 6.38. The molecule has 1 amide bonds. The van der Waals surface area contributed by atoms with Crippen LogP contribution in [0, 0.1) is 5.92 Å². The molecule has 2 aromatic rings. The molecule has 1 aliphatic carbocycles. The lowest BCUT2D eigenvalue weighted by Gasteiger charge is -2.27. The van der Waals surface area contributed by atoms with Gasteiger partial charge in [0.25, 0.3) is 0 Å². The van der Waals surface area contributed by atoms with E-state index in [1.54, 1.807) is 0 Å². The fourth-order valence-corrected chi connectivity index (χ4v) is 4.25. The van der Waals surface area contributed by atoms with E-state index in [9.17, 15) is 9.90 Å². The van der Waals surface area contributed by atoms with Crippen molar-refractivity contribution in [1.29, 1.82) is 0 Å². The molecule has 1 aromatic heterocycles. The summed E-state index contributed by atoms with van der Waals surface area (Å²) < 4.78 is 2.15. The number of carbonyl (C=O) groups is 1. The summed E-state index contributed by atoms with van der Waals surface area (Å²) in [7, 11) is 0. The van der Waals surface area contributed by atoms with Gasteiger partial charge in [0.15, 0.2) is 5.16 Å². The quantitative estimate of drug-likeness (QED) is 0.789. The lowest BCUT2D eigenvalue weighted by molar-refractivity contribution is -0.119. The standard InChI is InChI=1S/C18H25N3O2S/c1-2-21-16-6-4-3-5-15(16)20-18(21)24-12-17(23)19-14-9-7-13(11-22)8-10-14/h3-6,13-14,22H,2,7-12H2,1H3,(H,19,23). The van der Waals surface area contributed by atoms with Crippen molar-refractivity contribution in [3.8, 4) is 0 Å². The van der Waals surface area contributed by atoms with E-state index in [-0.39, 0.29) is 18.6 Å². The third kappa shape index (κ3) is 3.92. The van der Waals surface area contributed by atoms with Gasteiger partial charge in [-0.05, 0) is 50.7 Å². The highest BCUT2D eigenvalue weighted by atomic mass is 32.2. The second kappa shape index (κ2) is 8.03. The molecule has 0 unspecified atom stereocenters. The van der Waals surface area contributed by atoms with Crippen molar-refractivity contribution in [1.82, 2.24) is 14.9 Å². The fourth-order valence-electron chi connectivity index (χ4n) is 3.36. The Bertz CT molecular complexity index is 693. The number of nitrogens with one attached hydrogen (secondary N) is 1. The van der Waals surface area contributed by atoms with Gasteiger partial charge in [-0.15, -0.1) is 0 Å². The van der Waals surface area contributed by atoms with Crippen LogP contribution in [-0.2, 0) is 11.3 Å². The summed E-state index contributed by atoms with van der Waals surface area (Å²) in [5.74, 6) is 0.877. The highest BCUT2D eigenvalue weighted by Gasteiger charge is 2.22. The third-order valence-electron chi connectivity index (χ3n) is 4.74. The number of fused-ring (bicyclic) bond motifs is 1. The largest absolute Gasteiger partial charge is 0.396 e. The van der Waals surface area contributed by atoms with Crippen LogP contribution in [0.15, 0.2) is 29.4 Å². The summed E-state index contributed by atoms with van der Waals surface area (Å²) >= 11 is 1.50. The van der Waals surface area contributed by atoms with Crippen molar-refractivity contribution >= 4 is 28.7 Å². The van der Waals surface area contributed by atoms with Crippen molar-refractivity contribution < 1.29 is 9.90 Å². The van der Waals surface area contributed by atoms with Crippen molar-refractivity contribution in [3.63, 3.8) is 0 Å². The molecule has 0 aliphatic heterocycles. The molecule has 0 bridgehead atoms. The normalized spacial score (nSPS) is 21.1. The van der Waals surface area contributed by atoms with Gasteiger partial charge in [0.05, 0.1) is 16.8 Å². The molecule has 24 heavy (non-hydrogen) atoms. The molecule has 0 atom stereocenters. The number of carbonyl (C=O) groups excluding carboxylic acids is 1. The van der Waals surface area contributed by atoms with Crippen LogP contribution in [0.1, 0.15) is 32.6 Å². The van der Waals surface area contributed by atoms with E-state index in [2.05, 4.69) is 27.9 Å². The Labute approximate surface area is 146 Å². The molecule has 1 heterocycles. The van der Waals surface area contributed by atoms with Crippen LogP contribution in [-0.4, -0.2) is 39.0 Å². The summed E-state index contributed by atoms with van der Waals surface area (Å²) in [6.07, 6.45) is 3.94. The predicted molar refractivity (Wildman–Crippen MR) is 97.1 cm³/mol. The van der Waals surface area contributed by atoms with Crippen LogP contribution in [0.3, 0.4) is 0 Å². The molecule has 0 radical (unpaired) electrons. The van der Waals surface area contributed by atoms with Gasteiger partial charge in [0, 0.05) is 19.2 Å². The number of aliphatic hydroxyl groups excluding tert-OH is 1. The fraction of sp³-hybridized carbons (Fsp3) is 0.556. The summed E-state index contributed by atoms with van der Waals surface area (Å²) in [5, 5.41) is 13.2. The Balaban J connectivity index is 1.55. The molecule has 5 nitrogen and oxygen atoms in total. The number of nitrogens with zero attached hydrogens (tertiary/aromatic N) is 2. The van der Waals surface area contributed by atoms with Gasteiger partial charge in [0.2, 0.25) is 5.91 Å². The lowest BCUT2D eigenvalue weighted by Crippen LogP contribution is -2.39. The maximum absolute atomic E-state index is 12.2. The molecule has 130 valence electrons. The highest BCUT2D eigenvalue weighted by molar-refractivity contribution is 7.99. The van der Waals surface area contributed by atoms with Crippen LogP contribution in [0.5, 0.6) is 0 Å². The van der Waals surface area contributed by atoms with Crippen molar-refractivity contribution in [3.05, 3.63) is 24.3 Å². The van der Waals surface area contributed by atoms with E-state index in [0.717, 1.165) is 48.4 Å². The molecule has 1 aliphatic rings. The van der Waals surface area contributed by atoms with E-state index >= 15 is 0 Å². The molecule has 2 N–H and O–H groups in total. The van der Waals surface area contributed by atoms with Gasteiger partial charge in [-0.2, -0.15) is 0 Å². The van der Waals surface area contributed by atoms with Crippen molar-refractivity contribution in [2.24, 2.45) is 5.92 Å². The number of amides is 1. The molecule has 1 fully saturated rings. The number of hydrogen-bond donors (Lipinski definition) is 2. The predicted octanol–water partition coefficient (Wildman–Crippen LogP) is 2.82. The Kier molecular flexibility index (Phi) is 5.79. The number of rotatable bonds is 6. The topological polar surface area (TPSA) is 67.2 Å². The van der Waals surface area contributed by atoms with Gasteiger partial charge in [-0.1, -0.05) is 23.9 Å². The zero-order chi connectivity index (χ0) is 16.9. The Hall–Kier alpha value is -1.53. The SMILES string of the molecule is CCn1c(SCC(=O)NC2CCC(CO)CC2)nc2ccccc21. The number of imidazole rings is 1. The average Bonchev–Trinajstić information content (AvgIpc) is 2.98. The zero-order valence-corrected chi connectivity index (χ0v) is 14.9. The minimum atomic E-state index is 0.0714. The first-order chi connectivity index (χ1) is 11.7. The van der Waals surface area contributed by atoms with E-state index in [0.29, 0.717) is 11.7 Å². The van der Waals surface area contributed by atoms with E-state index in [4.69, 9.17) is 0 Å². The highest BCUT2D eigenvalue weighted by Crippen LogP contribution is 2.25. The monoisotopic (exact) mass is 347 g/mol. The second-order valence-corrected chi connectivity index (χ2v) is 7.33. The number of thioether (sulfide) groups is 1. The first kappa shape index (κ1) is 17.3. The first-order valence-corrected chi connectivity index (χ1v) is 9.68. The molecule has 3 rings (SSSR count). The van der Waals surface area contributed by atoms with Crippen LogP contribution in [0.2, 0.25) is 0 Å². The number of aromatic nitrogens is 2. The number of para-hydroxylation sites is 2. The van der Waals surface area contributed by atoms with Crippen LogP contribution in [0.25, 0.3) is 11.0 Å². The molecular formula is C18H25N3O2S. The Morgan fingerprint density at radius 1 is 1.33 bits per heavy atom.